The molecule has 0 radical (unpaired) electrons. The van der Waals surface area contributed by atoms with Gasteiger partial charge in [-0.3, -0.25) is 9.59 Å². The van der Waals surface area contributed by atoms with Crippen molar-refractivity contribution in [3.8, 4) is 6.07 Å². The second-order valence-electron chi connectivity index (χ2n) is 5.04. The number of rotatable bonds is 6. The Labute approximate surface area is 134 Å². The summed E-state index contributed by atoms with van der Waals surface area (Å²) < 4.78 is 4.79. The number of ketones is 1. The number of amides is 1. The van der Waals surface area contributed by atoms with Gasteiger partial charge in [0.05, 0.1) is 19.1 Å². The van der Waals surface area contributed by atoms with Crippen LogP contribution in [0.25, 0.3) is 0 Å². The van der Waals surface area contributed by atoms with E-state index < -0.39 is 29.3 Å². The second kappa shape index (κ2) is 7.31. The Morgan fingerprint density at radius 2 is 2.14 bits per heavy atom. The molecule has 2 N–H and O–H groups in total. The first-order chi connectivity index (χ1) is 10.4. The third-order valence-electron chi connectivity index (χ3n) is 3.77. The van der Waals surface area contributed by atoms with Crippen molar-refractivity contribution >= 4 is 35.0 Å². The number of nitrogens with zero attached hydrogens (tertiary/aromatic N) is 1. The number of nitriles is 1. The normalized spacial score (nSPS) is 25.5. The summed E-state index contributed by atoms with van der Waals surface area (Å²) in [6.07, 6.45) is 1.11. The van der Waals surface area contributed by atoms with E-state index in [4.69, 9.17) is 17.0 Å². The van der Waals surface area contributed by atoms with Crippen LogP contribution in [0.1, 0.15) is 33.1 Å². The van der Waals surface area contributed by atoms with E-state index in [1.54, 1.807) is 13.0 Å². The first kappa shape index (κ1) is 18.0. The lowest BCUT2D eigenvalue weighted by atomic mass is 9.69. The number of methoxy groups -OCH3 is 1. The molecule has 1 fully saturated rings. The first-order valence-electron chi connectivity index (χ1n) is 7.02. The van der Waals surface area contributed by atoms with Crippen molar-refractivity contribution in [2.75, 3.05) is 7.11 Å². The van der Waals surface area contributed by atoms with Gasteiger partial charge in [-0.1, -0.05) is 13.8 Å². The number of ether oxygens (including phenoxy) is 1. The molecule has 1 amide bonds. The maximum Gasteiger partial charge on any atom is 0.334 e. The highest BCUT2D eigenvalue weighted by atomic mass is 32.1. The number of esters is 1. The van der Waals surface area contributed by atoms with Crippen molar-refractivity contribution in [3.63, 3.8) is 0 Å². The van der Waals surface area contributed by atoms with Crippen molar-refractivity contribution in [3.05, 3.63) is 0 Å². The van der Waals surface area contributed by atoms with Crippen LogP contribution in [0.5, 0.6) is 0 Å². The number of thiocarbonyl (C=S) groups is 1. The number of hydrogen-bond acceptors (Lipinski definition) is 6. The van der Waals surface area contributed by atoms with Crippen molar-refractivity contribution in [1.29, 1.82) is 5.26 Å². The van der Waals surface area contributed by atoms with Crippen molar-refractivity contribution in [2.45, 2.75) is 38.6 Å². The predicted octanol–water partition coefficient (Wildman–Crippen LogP) is 0.438. The molecule has 1 rings (SSSR count). The van der Waals surface area contributed by atoms with Gasteiger partial charge in [0, 0.05) is 6.42 Å². The Balaban J connectivity index is 3.49. The number of hydrogen-bond donors (Lipinski definition) is 2. The van der Waals surface area contributed by atoms with Crippen LogP contribution in [-0.4, -0.2) is 35.4 Å². The Bertz CT molecular complexity index is 543. The highest BCUT2D eigenvalue weighted by molar-refractivity contribution is 7.80. The zero-order chi connectivity index (χ0) is 16.9. The molecule has 3 unspecified atom stereocenters. The molecule has 22 heavy (non-hydrogen) atoms. The average Bonchev–Trinajstić information content (AvgIpc) is 2.46. The molecule has 0 saturated carbocycles. The Hall–Kier alpha value is -2.01. The largest absolute Gasteiger partial charge is 0.467 e. The summed E-state index contributed by atoms with van der Waals surface area (Å²) in [5.41, 5.74) is -1.79. The Morgan fingerprint density at radius 1 is 1.50 bits per heavy atom. The molecular weight excluding hydrogens is 306 g/mol. The quantitative estimate of drug-likeness (QED) is 0.539. The standard InChI is InChI=1S/C14H19N3O4S/c1-4-6-10(18)8(5-2)14(12(20)21-3)9(7-15)11(19)16-13(22)17-14/h8-9H,4-6H2,1-3H3,(H2,16,17,19,22). The van der Waals surface area contributed by atoms with Crippen LogP contribution >= 0.6 is 12.2 Å². The topological polar surface area (TPSA) is 108 Å². The minimum absolute atomic E-state index is 0.0929. The van der Waals surface area contributed by atoms with E-state index in [1.165, 1.54) is 0 Å². The van der Waals surface area contributed by atoms with Gasteiger partial charge < -0.3 is 15.4 Å². The molecule has 0 aliphatic carbocycles. The van der Waals surface area contributed by atoms with E-state index in [9.17, 15) is 19.6 Å². The maximum absolute atomic E-state index is 12.4. The summed E-state index contributed by atoms with van der Waals surface area (Å²) in [5, 5.41) is 14.3. The minimum Gasteiger partial charge on any atom is -0.467 e. The summed E-state index contributed by atoms with van der Waals surface area (Å²) >= 11 is 4.95. The van der Waals surface area contributed by atoms with Gasteiger partial charge >= 0.3 is 5.97 Å². The van der Waals surface area contributed by atoms with Gasteiger partial charge in [0.2, 0.25) is 5.91 Å². The van der Waals surface area contributed by atoms with E-state index in [-0.39, 0.29) is 23.7 Å². The molecule has 1 aliphatic heterocycles. The third kappa shape index (κ3) is 2.95. The fourth-order valence-corrected chi connectivity index (χ4v) is 3.10. The number of nitrogens with one attached hydrogen (secondary N) is 2. The molecule has 0 aromatic carbocycles. The summed E-state index contributed by atoms with van der Waals surface area (Å²) in [6, 6.07) is 1.80. The van der Waals surface area contributed by atoms with Gasteiger partial charge in [-0.05, 0) is 25.1 Å². The summed E-state index contributed by atoms with van der Waals surface area (Å²) in [6.45, 7) is 3.55. The maximum atomic E-state index is 12.4. The number of Topliss-reactive ketones (excluding diaryl/α,β-unsaturated/α-hetero) is 1. The first-order valence-corrected chi connectivity index (χ1v) is 7.43. The lowest BCUT2D eigenvalue weighted by Gasteiger charge is -2.43. The lowest BCUT2D eigenvalue weighted by Crippen LogP contribution is -2.73. The zero-order valence-electron chi connectivity index (χ0n) is 12.8. The molecule has 0 bridgehead atoms. The monoisotopic (exact) mass is 325 g/mol. The van der Waals surface area contributed by atoms with Crippen LogP contribution < -0.4 is 10.6 Å². The summed E-state index contributed by atoms with van der Waals surface area (Å²) in [4.78, 5) is 37.0. The van der Waals surface area contributed by atoms with E-state index in [0.717, 1.165) is 7.11 Å². The van der Waals surface area contributed by atoms with Gasteiger partial charge in [-0.15, -0.1) is 0 Å². The number of carbonyl (C=O) groups is 3. The molecule has 0 aromatic rings. The van der Waals surface area contributed by atoms with Crippen molar-refractivity contribution in [1.82, 2.24) is 10.6 Å². The highest BCUT2D eigenvalue weighted by Crippen LogP contribution is 2.34. The van der Waals surface area contributed by atoms with Crippen LogP contribution in [0, 0.1) is 23.2 Å². The van der Waals surface area contributed by atoms with Crippen molar-refractivity contribution < 1.29 is 19.1 Å². The van der Waals surface area contributed by atoms with E-state index in [2.05, 4.69) is 10.6 Å². The van der Waals surface area contributed by atoms with Crippen LogP contribution in [0.2, 0.25) is 0 Å². The van der Waals surface area contributed by atoms with Gasteiger partial charge in [0.15, 0.2) is 16.6 Å². The predicted molar refractivity (Wildman–Crippen MR) is 81.4 cm³/mol. The molecule has 120 valence electrons. The van der Waals surface area contributed by atoms with Crippen LogP contribution in [-0.2, 0) is 19.1 Å². The molecule has 1 saturated heterocycles. The van der Waals surface area contributed by atoms with E-state index >= 15 is 0 Å². The fourth-order valence-electron chi connectivity index (χ4n) is 2.84. The van der Waals surface area contributed by atoms with Crippen molar-refractivity contribution in [2.24, 2.45) is 11.8 Å². The highest BCUT2D eigenvalue weighted by Gasteiger charge is 2.60. The van der Waals surface area contributed by atoms with Crippen LogP contribution in [0.15, 0.2) is 0 Å². The molecule has 8 heteroatoms. The zero-order valence-corrected chi connectivity index (χ0v) is 13.6. The molecule has 0 aromatic heterocycles. The SMILES string of the molecule is CCCC(=O)C(CC)C1(C(=O)OC)NC(=S)NC(=O)C1C#N. The van der Waals surface area contributed by atoms with Gasteiger partial charge in [-0.25, -0.2) is 4.79 Å². The number of carbonyl (C=O) groups excluding carboxylic acids is 3. The second-order valence-corrected chi connectivity index (χ2v) is 5.45. The summed E-state index contributed by atoms with van der Waals surface area (Å²) in [5.74, 6) is -4.04. The van der Waals surface area contributed by atoms with Gasteiger partial charge in [0.25, 0.3) is 0 Å². The smallest absolute Gasteiger partial charge is 0.334 e. The average molecular weight is 325 g/mol. The molecule has 3 atom stereocenters. The van der Waals surface area contributed by atoms with E-state index in [0.29, 0.717) is 6.42 Å². The summed E-state index contributed by atoms with van der Waals surface area (Å²) in [7, 11) is 1.15. The molecule has 7 nitrogen and oxygen atoms in total. The van der Waals surface area contributed by atoms with Gasteiger partial charge in [-0.2, -0.15) is 5.26 Å². The lowest BCUT2D eigenvalue weighted by molar-refractivity contribution is -0.158. The molecular formula is C14H19N3O4S. The molecule has 0 spiro atoms. The van der Waals surface area contributed by atoms with Crippen LogP contribution in [0.3, 0.4) is 0 Å². The van der Waals surface area contributed by atoms with Gasteiger partial charge in [0.1, 0.15) is 5.78 Å². The Kier molecular flexibility index (Phi) is 6.00. The third-order valence-corrected chi connectivity index (χ3v) is 3.97. The van der Waals surface area contributed by atoms with E-state index in [1.807, 2.05) is 6.92 Å². The fraction of sp³-hybridized carbons (Fsp3) is 0.643. The molecule has 1 aliphatic rings. The molecule has 1 heterocycles. The van der Waals surface area contributed by atoms with Crippen LogP contribution in [0.4, 0.5) is 0 Å². The minimum atomic E-state index is -1.79. The Morgan fingerprint density at radius 3 is 2.59 bits per heavy atom.